The highest BCUT2D eigenvalue weighted by Gasteiger charge is 2.36. The number of para-hydroxylation sites is 1. The number of unbranched alkanes of at least 4 members (excludes halogenated alkanes) is 1. The van der Waals surface area contributed by atoms with Crippen molar-refractivity contribution in [3.05, 3.63) is 53.8 Å². The van der Waals surface area contributed by atoms with Gasteiger partial charge in [-0.2, -0.15) is 4.98 Å². The summed E-state index contributed by atoms with van der Waals surface area (Å²) in [4.78, 5) is 17.5. The van der Waals surface area contributed by atoms with Crippen molar-refractivity contribution in [2.24, 2.45) is 0 Å². The molecule has 1 unspecified atom stereocenters. The van der Waals surface area contributed by atoms with Gasteiger partial charge in [0.15, 0.2) is 0 Å². The highest BCUT2D eigenvalue weighted by Crippen LogP contribution is 2.40. The van der Waals surface area contributed by atoms with Gasteiger partial charge in [-0.3, -0.25) is 0 Å². The lowest BCUT2D eigenvalue weighted by atomic mass is 9.95. The van der Waals surface area contributed by atoms with Crippen LogP contribution in [-0.4, -0.2) is 40.2 Å². The van der Waals surface area contributed by atoms with Gasteiger partial charge >= 0.3 is 5.97 Å². The zero-order valence-electron chi connectivity index (χ0n) is 17.0. The maximum Gasteiger partial charge on any atom is 0.338 e. The first-order chi connectivity index (χ1) is 14.1. The van der Waals surface area contributed by atoms with E-state index in [0.717, 1.165) is 24.2 Å². The molecule has 29 heavy (non-hydrogen) atoms. The maximum atomic E-state index is 12.9. The lowest BCUT2D eigenvalue weighted by Gasteiger charge is -2.28. The molecule has 0 bridgehead atoms. The maximum absolute atomic E-state index is 12.9. The van der Waals surface area contributed by atoms with Crippen molar-refractivity contribution < 1.29 is 14.3 Å². The molecule has 1 aromatic heterocycles. The Morgan fingerprint density at radius 2 is 2.21 bits per heavy atom. The van der Waals surface area contributed by atoms with E-state index in [2.05, 4.69) is 23.8 Å². The molecule has 1 atom stereocenters. The standard InChI is InChI=1S/C21H26N4O3S/c1-5-7-13-29-21-23-20-22-14(3)17(19(26)28-12-6-2)18(25(20)24-21)15-10-8-9-11-16(15)27-4/h6,8-11,18H,2,5,7,12-13H2,1,3-4H3,(H,22,23,24). The van der Waals surface area contributed by atoms with Crippen molar-refractivity contribution in [3.8, 4) is 5.75 Å². The first-order valence-electron chi connectivity index (χ1n) is 9.58. The number of nitrogens with zero attached hydrogens (tertiary/aromatic N) is 3. The number of rotatable bonds is 9. The molecular weight excluding hydrogens is 388 g/mol. The number of hydrogen-bond donors (Lipinski definition) is 1. The number of allylic oxidation sites excluding steroid dienone is 1. The number of carbonyl (C=O) groups is 1. The average Bonchev–Trinajstić information content (AvgIpc) is 3.13. The highest BCUT2D eigenvalue weighted by molar-refractivity contribution is 7.99. The van der Waals surface area contributed by atoms with E-state index in [4.69, 9.17) is 14.6 Å². The van der Waals surface area contributed by atoms with Crippen LogP contribution in [0.3, 0.4) is 0 Å². The summed E-state index contributed by atoms with van der Waals surface area (Å²) in [6, 6.07) is 7.10. The van der Waals surface area contributed by atoms with Gasteiger partial charge < -0.3 is 14.8 Å². The minimum atomic E-state index is -0.507. The molecule has 1 aliphatic heterocycles. The second-order valence-corrected chi connectivity index (χ2v) is 7.62. The molecule has 0 saturated heterocycles. The molecule has 0 fully saturated rings. The van der Waals surface area contributed by atoms with Crippen LogP contribution in [0.25, 0.3) is 0 Å². The van der Waals surface area contributed by atoms with Gasteiger partial charge in [0.1, 0.15) is 18.4 Å². The second kappa shape index (κ2) is 9.65. The number of aromatic nitrogens is 3. The molecule has 0 amide bonds. The summed E-state index contributed by atoms with van der Waals surface area (Å²) in [5.41, 5.74) is 1.97. The third-order valence-corrected chi connectivity index (χ3v) is 5.47. The van der Waals surface area contributed by atoms with Crippen molar-refractivity contribution in [1.29, 1.82) is 0 Å². The van der Waals surface area contributed by atoms with Crippen LogP contribution < -0.4 is 10.1 Å². The number of thioether (sulfide) groups is 1. The van der Waals surface area contributed by atoms with Crippen molar-refractivity contribution in [3.63, 3.8) is 0 Å². The van der Waals surface area contributed by atoms with Gasteiger partial charge in [-0.1, -0.05) is 56.0 Å². The summed E-state index contributed by atoms with van der Waals surface area (Å²) in [5.74, 6) is 1.78. The van der Waals surface area contributed by atoms with Crippen molar-refractivity contribution in [2.45, 2.75) is 37.9 Å². The Morgan fingerprint density at radius 3 is 2.93 bits per heavy atom. The number of methoxy groups -OCH3 is 1. The number of esters is 1. The van der Waals surface area contributed by atoms with E-state index >= 15 is 0 Å². The summed E-state index contributed by atoms with van der Waals surface area (Å²) < 4.78 is 12.7. The largest absolute Gasteiger partial charge is 0.496 e. The summed E-state index contributed by atoms with van der Waals surface area (Å²) in [6.45, 7) is 7.75. The van der Waals surface area contributed by atoms with Gasteiger partial charge in [0.2, 0.25) is 11.1 Å². The zero-order valence-corrected chi connectivity index (χ0v) is 17.8. The Balaban J connectivity index is 2.07. The van der Waals surface area contributed by atoms with Gasteiger partial charge in [-0.05, 0) is 19.4 Å². The monoisotopic (exact) mass is 414 g/mol. The number of fused-ring (bicyclic) bond motifs is 1. The molecule has 154 valence electrons. The normalized spacial score (nSPS) is 15.5. The van der Waals surface area contributed by atoms with Crippen LogP contribution in [0.5, 0.6) is 5.75 Å². The molecule has 1 N–H and O–H groups in total. The molecule has 0 saturated carbocycles. The van der Waals surface area contributed by atoms with Gasteiger partial charge in [-0.25, -0.2) is 9.48 Å². The zero-order chi connectivity index (χ0) is 20.8. The molecule has 2 aromatic rings. The Morgan fingerprint density at radius 1 is 1.41 bits per heavy atom. The van der Waals surface area contributed by atoms with E-state index in [-0.39, 0.29) is 6.61 Å². The molecule has 0 spiro atoms. The van der Waals surface area contributed by atoms with Crippen LogP contribution in [0, 0.1) is 0 Å². The number of benzene rings is 1. The Bertz CT molecular complexity index is 922. The third kappa shape index (κ3) is 4.48. The second-order valence-electron chi connectivity index (χ2n) is 6.56. The SMILES string of the molecule is C=CCOC(=O)C1=C(C)Nc2nc(SCCCC)nn2C1c1ccccc1OC. The molecular formula is C21H26N4O3S. The lowest BCUT2D eigenvalue weighted by Crippen LogP contribution is -2.30. The van der Waals surface area contributed by atoms with E-state index < -0.39 is 12.0 Å². The van der Waals surface area contributed by atoms with E-state index in [1.54, 1.807) is 29.6 Å². The number of ether oxygens (including phenoxy) is 2. The first kappa shape index (κ1) is 21.0. The quantitative estimate of drug-likeness (QED) is 0.285. The van der Waals surface area contributed by atoms with Gasteiger partial charge in [-0.15, -0.1) is 5.10 Å². The fourth-order valence-electron chi connectivity index (χ4n) is 3.16. The van der Waals surface area contributed by atoms with Crippen LogP contribution in [-0.2, 0) is 9.53 Å². The minimum Gasteiger partial charge on any atom is -0.496 e. The number of hydrogen-bond acceptors (Lipinski definition) is 7. The van der Waals surface area contributed by atoms with Gasteiger partial charge in [0.25, 0.3) is 0 Å². The molecule has 1 aliphatic rings. The van der Waals surface area contributed by atoms with E-state index in [1.165, 1.54) is 0 Å². The van der Waals surface area contributed by atoms with Crippen LogP contribution in [0.2, 0.25) is 0 Å². The van der Waals surface area contributed by atoms with Crippen molar-refractivity contribution in [2.75, 3.05) is 24.8 Å². The fourth-order valence-corrected chi connectivity index (χ4v) is 4.07. The van der Waals surface area contributed by atoms with E-state index in [1.807, 2.05) is 31.2 Å². The molecule has 7 nitrogen and oxygen atoms in total. The minimum absolute atomic E-state index is 0.136. The third-order valence-electron chi connectivity index (χ3n) is 4.55. The smallest absolute Gasteiger partial charge is 0.338 e. The predicted octanol–water partition coefficient (Wildman–Crippen LogP) is 4.20. The summed E-state index contributed by atoms with van der Waals surface area (Å²) in [5, 5.41) is 8.57. The summed E-state index contributed by atoms with van der Waals surface area (Å²) in [7, 11) is 1.61. The van der Waals surface area contributed by atoms with Gasteiger partial charge in [0, 0.05) is 17.0 Å². The number of nitrogens with one attached hydrogen (secondary N) is 1. The Hall–Kier alpha value is -2.74. The first-order valence-corrected chi connectivity index (χ1v) is 10.6. The highest BCUT2D eigenvalue weighted by atomic mass is 32.2. The van der Waals surface area contributed by atoms with E-state index in [9.17, 15) is 4.79 Å². The molecule has 1 aromatic carbocycles. The predicted molar refractivity (Wildman–Crippen MR) is 114 cm³/mol. The summed E-state index contributed by atoms with van der Waals surface area (Å²) >= 11 is 1.61. The van der Waals surface area contributed by atoms with Crippen LogP contribution in [0.4, 0.5) is 5.95 Å². The Kier molecular flexibility index (Phi) is 6.98. The molecule has 0 aliphatic carbocycles. The molecule has 3 rings (SSSR count). The fraction of sp³-hybridized carbons (Fsp3) is 0.381. The number of anilines is 1. The number of carbonyl (C=O) groups excluding carboxylic acids is 1. The van der Waals surface area contributed by atoms with Crippen LogP contribution >= 0.6 is 11.8 Å². The molecule has 0 radical (unpaired) electrons. The van der Waals surface area contributed by atoms with Crippen LogP contribution in [0.1, 0.15) is 38.3 Å². The summed E-state index contributed by atoms with van der Waals surface area (Å²) in [6.07, 6.45) is 3.75. The average molecular weight is 415 g/mol. The van der Waals surface area contributed by atoms with Crippen molar-refractivity contribution in [1.82, 2.24) is 14.8 Å². The topological polar surface area (TPSA) is 78.3 Å². The van der Waals surface area contributed by atoms with Crippen LogP contribution in [0.15, 0.2) is 53.3 Å². The molecule has 2 heterocycles. The van der Waals surface area contributed by atoms with Gasteiger partial charge in [0.05, 0.1) is 12.7 Å². The molecule has 8 heteroatoms. The van der Waals surface area contributed by atoms with E-state index in [0.29, 0.717) is 28.1 Å². The Labute approximate surface area is 175 Å². The van der Waals surface area contributed by atoms with Crippen molar-refractivity contribution >= 4 is 23.7 Å². The lowest BCUT2D eigenvalue weighted by molar-refractivity contribution is -0.138.